The van der Waals surface area contributed by atoms with Crippen molar-refractivity contribution in [2.75, 3.05) is 45.9 Å². The number of β-amino-alcohol motifs (C(OH)–C–C–N with tert-alkyl or cyclic N) is 1. The van der Waals surface area contributed by atoms with Crippen LogP contribution in [0.1, 0.15) is 42.4 Å². The molecule has 3 fully saturated rings. The Hall–Kier alpha value is -3.41. The molecular formula is C33H41F3N4O4. The molecule has 0 aliphatic carbocycles. The average molecular weight is 615 g/mol. The third-order valence-corrected chi connectivity index (χ3v) is 9.13. The van der Waals surface area contributed by atoms with Gasteiger partial charge in [0, 0.05) is 57.8 Å². The van der Waals surface area contributed by atoms with Crippen LogP contribution >= 0.6 is 0 Å². The monoisotopic (exact) mass is 614 g/mol. The molecule has 44 heavy (non-hydrogen) atoms. The number of benzene rings is 2. The van der Waals surface area contributed by atoms with Crippen LogP contribution in [0.5, 0.6) is 0 Å². The van der Waals surface area contributed by atoms with Crippen LogP contribution in [0.15, 0.2) is 67.3 Å². The maximum absolute atomic E-state index is 13.2. The highest BCUT2D eigenvalue weighted by molar-refractivity contribution is 5.81. The normalized spacial score (nSPS) is 24.8. The number of nitrogens with one attached hydrogen (secondary N) is 1. The van der Waals surface area contributed by atoms with Crippen LogP contribution in [0.4, 0.5) is 18.0 Å². The van der Waals surface area contributed by atoms with Gasteiger partial charge >= 0.3 is 12.2 Å². The molecule has 2 N–H and O–H groups in total. The highest BCUT2D eigenvalue weighted by Crippen LogP contribution is 2.39. The van der Waals surface area contributed by atoms with Gasteiger partial charge in [-0.1, -0.05) is 48.5 Å². The van der Waals surface area contributed by atoms with E-state index in [4.69, 9.17) is 4.74 Å². The summed E-state index contributed by atoms with van der Waals surface area (Å²) >= 11 is 0. The van der Waals surface area contributed by atoms with Gasteiger partial charge in [0.2, 0.25) is 0 Å². The maximum atomic E-state index is 13.2. The summed E-state index contributed by atoms with van der Waals surface area (Å²) in [5, 5.41) is 14.9. The van der Waals surface area contributed by atoms with E-state index in [0.717, 1.165) is 37.0 Å². The predicted octanol–water partition coefficient (Wildman–Crippen LogP) is 4.39. The molecule has 3 heterocycles. The smallest absolute Gasteiger partial charge is 0.383 e. The Bertz CT molecular complexity index is 1280. The van der Waals surface area contributed by atoms with Gasteiger partial charge in [-0.05, 0) is 48.9 Å². The number of nitrogens with zero attached hydrogens (tertiary/aromatic N) is 3. The number of hydrogen-bond donors (Lipinski definition) is 2. The number of aliphatic hydroxyl groups is 1. The third-order valence-electron chi connectivity index (χ3n) is 9.13. The van der Waals surface area contributed by atoms with Crippen molar-refractivity contribution in [2.24, 2.45) is 5.92 Å². The minimum absolute atomic E-state index is 0.0361. The molecule has 2 aromatic rings. The summed E-state index contributed by atoms with van der Waals surface area (Å²) in [4.78, 5) is 32.1. The molecule has 0 aromatic heterocycles. The highest BCUT2D eigenvalue weighted by Gasteiger charge is 2.49. The molecule has 8 nitrogen and oxygen atoms in total. The van der Waals surface area contributed by atoms with Crippen molar-refractivity contribution in [3.05, 3.63) is 83.9 Å². The molecule has 3 aliphatic heterocycles. The first-order valence-electron chi connectivity index (χ1n) is 15.3. The van der Waals surface area contributed by atoms with Crippen molar-refractivity contribution in [1.82, 2.24) is 20.0 Å². The topological polar surface area (TPSA) is 85.4 Å². The van der Waals surface area contributed by atoms with Gasteiger partial charge in [-0.25, -0.2) is 4.79 Å². The van der Waals surface area contributed by atoms with E-state index in [9.17, 15) is 27.9 Å². The molecule has 3 saturated heterocycles. The maximum Gasteiger partial charge on any atom is 0.416 e. The van der Waals surface area contributed by atoms with E-state index in [1.165, 1.54) is 12.1 Å². The van der Waals surface area contributed by atoms with E-state index in [-0.39, 0.29) is 37.0 Å². The number of halogens is 3. The second kappa shape index (κ2) is 13.7. The Morgan fingerprint density at radius 2 is 1.80 bits per heavy atom. The number of hydrogen-bond acceptors (Lipinski definition) is 5. The molecule has 0 bridgehead atoms. The standard InChI is InChI=1S/C33H41F3N4O4/c1-2-16-40(31(42)37-20-24-10-12-26(13-11-24)33(34,35)36)28-14-17-38(18-15-28)21-27-22-39(30(41)29-9-6-19-44-29)23-32(27,43)25-7-4-3-5-8-25/h2-5,7-8,10-13,27-29,43H,1,6,9,14-23H2,(H,37,42)/t27-,29+,32-/m0/s1. The van der Waals surface area contributed by atoms with Crippen LogP contribution in [-0.4, -0.2) is 89.8 Å². The van der Waals surface area contributed by atoms with Gasteiger partial charge in [0.15, 0.2) is 0 Å². The van der Waals surface area contributed by atoms with E-state index in [0.29, 0.717) is 51.3 Å². The van der Waals surface area contributed by atoms with Crippen LogP contribution in [0, 0.1) is 5.92 Å². The van der Waals surface area contributed by atoms with Crippen LogP contribution in [0.3, 0.4) is 0 Å². The number of ether oxygens (including phenoxy) is 1. The van der Waals surface area contributed by atoms with Crippen molar-refractivity contribution in [3.63, 3.8) is 0 Å². The second-order valence-corrected chi connectivity index (χ2v) is 12.0. The van der Waals surface area contributed by atoms with Crippen molar-refractivity contribution in [2.45, 2.75) is 56.2 Å². The number of carbonyl (C=O) groups is 2. The summed E-state index contributed by atoms with van der Waals surface area (Å²) < 4.78 is 44.3. The Labute approximate surface area is 256 Å². The Kier molecular flexibility index (Phi) is 9.97. The molecule has 3 amide bonds. The zero-order chi connectivity index (χ0) is 31.3. The summed E-state index contributed by atoms with van der Waals surface area (Å²) in [6.45, 7) is 7.55. The quantitative estimate of drug-likeness (QED) is 0.410. The van der Waals surface area contributed by atoms with Gasteiger partial charge in [-0.15, -0.1) is 6.58 Å². The van der Waals surface area contributed by atoms with E-state index < -0.39 is 23.4 Å². The first kappa shape index (κ1) is 32.0. The first-order valence-corrected chi connectivity index (χ1v) is 15.3. The minimum Gasteiger partial charge on any atom is -0.383 e. The Morgan fingerprint density at radius 3 is 2.41 bits per heavy atom. The lowest BCUT2D eigenvalue weighted by molar-refractivity contribution is -0.141. The predicted molar refractivity (Wildman–Crippen MR) is 159 cm³/mol. The molecule has 5 rings (SSSR count). The van der Waals surface area contributed by atoms with E-state index in [1.54, 1.807) is 15.9 Å². The number of rotatable bonds is 9. The van der Waals surface area contributed by atoms with Gasteiger partial charge in [0.25, 0.3) is 5.91 Å². The number of urea groups is 1. The number of amides is 3. The highest BCUT2D eigenvalue weighted by atomic mass is 19.4. The molecule has 0 radical (unpaired) electrons. The molecule has 0 saturated carbocycles. The van der Waals surface area contributed by atoms with Crippen LogP contribution in [0.2, 0.25) is 0 Å². The van der Waals surface area contributed by atoms with Crippen molar-refractivity contribution < 1.29 is 32.6 Å². The molecule has 0 unspecified atom stereocenters. The first-order chi connectivity index (χ1) is 21.1. The minimum atomic E-state index is -4.41. The summed E-state index contributed by atoms with van der Waals surface area (Å²) in [5.41, 5.74) is -0.535. The fraction of sp³-hybridized carbons (Fsp3) is 0.515. The summed E-state index contributed by atoms with van der Waals surface area (Å²) in [7, 11) is 0. The SMILES string of the molecule is C=CCN(C(=O)NCc1ccc(C(F)(F)F)cc1)C1CCN(C[C@H]2CN(C(=O)[C@H]3CCCO3)C[C@]2(O)c2ccccc2)CC1. The number of carbonyl (C=O) groups excluding carboxylic acids is 2. The molecular weight excluding hydrogens is 573 g/mol. The van der Waals surface area contributed by atoms with Gasteiger partial charge in [-0.3, -0.25) is 4.79 Å². The van der Waals surface area contributed by atoms with E-state index in [1.807, 2.05) is 30.3 Å². The fourth-order valence-corrected chi connectivity index (χ4v) is 6.66. The lowest BCUT2D eigenvalue weighted by atomic mass is 9.83. The van der Waals surface area contributed by atoms with Crippen LogP contribution in [-0.2, 0) is 27.9 Å². The number of alkyl halides is 3. The Morgan fingerprint density at radius 1 is 1.09 bits per heavy atom. The lowest BCUT2D eigenvalue weighted by Gasteiger charge is -2.40. The average Bonchev–Trinajstić information content (AvgIpc) is 3.68. The fourth-order valence-electron chi connectivity index (χ4n) is 6.66. The van der Waals surface area contributed by atoms with E-state index >= 15 is 0 Å². The second-order valence-electron chi connectivity index (χ2n) is 12.0. The van der Waals surface area contributed by atoms with Crippen molar-refractivity contribution in [1.29, 1.82) is 0 Å². The van der Waals surface area contributed by atoms with Gasteiger partial charge in [0.05, 0.1) is 12.1 Å². The Balaban J connectivity index is 1.18. The molecule has 3 atom stereocenters. The number of likely N-dealkylation sites (tertiary alicyclic amines) is 2. The van der Waals surface area contributed by atoms with Gasteiger partial charge < -0.3 is 29.9 Å². The van der Waals surface area contributed by atoms with Crippen molar-refractivity contribution in [3.8, 4) is 0 Å². The molecule has 238 valence electrons. The number of piperidine rings is 1. The van der Waals surface area contributed by atoms with Crippen LogP contribution in [0.25, 0.3) is 0 Å². The van der Waals surface area contributed by atoms with E-state index in [2.05, 4.69) is 16.8 Å². The summed E-state index contributed by atoms with van der Waals surface area (Å²) in [6.07, 6.45) is -0.171. The zero-order valence-corrected chi connectivity index (χ0v) is 24.8. The largest absolute Gasteiger partial charge is 0.416 e. The van der Waals surface area contributed by atoms with Gasteiger partial charge in [0.1, 0.15) is 11.7 Å². The van der Waals surface area contributed by atoms with Gasteiger partial charge in [-0.2, -0.15) is 13.2 Å². The summed E-state index contributed by atoms with van der Waals surface area (Å²) in [5.74, 6) is -0.247. The molecule has 3 aliphatic rings. The zero-order valence-electron chi connectivity index (χ0n) is 24.8. The lowest BCUT2D eigenvalue weighted by Crippen LogP contribution is -2.52. The molecule has 2 aromatic carbocycles. The third kappa shape index (κ3) is 7.27. The van der Waals surface area contributed by atoms with Crippen molar-refractivity contribution >= 4 is 11.9 Å². The molecule has 0 spiro atoms. The molecule has 11 heteroatoms. The van der Waals surface area contributed by atoms with Crippen LogP contribution < -0.4 is 5.32 Å². The summed E-state index contributed by atoms with van der Waals surface area (Å²) in [6, 6.07) is 14.0.